The third-order valence-corrected chi connectivity index (χ3v) is 3.06. The van der Waals surface area contributed by atoms with Gasteiger partial charge in [0.1, 0.15) is 11.9 Å². The lowest BCUT2D eigenvalue weighted by atomic mass is 10.2. The summed E-state index contributed by atoms with van der Waals surface area (Å²) in [5, 5.41) is 0. The first kappa shape index (κ1) is 14.7. The van der Waals surface area contributed by atoms with Gasteiger partial charge >= 0.3 is 0 Å². The minimum Gasteiger partial charge on any atom is -0.367 e. The number of hydrogen-bond acceptors (Lipinski definition) is 5. The molecule has 1 fully saturated rings. The Labute approximate surface area is 117 Å². The molecule has 2 heterocycles. The number of nitrogens with one attached hydrogen (secondary N) is 1. The van der Waals surface area contributed by atoms with Crippen LogP contribution in [0.3, 0.4) is 0 Å². The molecule has 1 aliphatic rings. The maximum Gasteiger partial charge on any atom is 0.251 e. The zero-order valence-corrected chi connectivity index (χ0v) is 12.0. The molecule has 0 aliphatic carbocycles. The summed E-state index contributed by atoms with van der Waals surface area (Å²) in [6, 6.07) is 1.43. The van der Waals surface area contributed by atoms with Crippen LogP contribution in [-0.4, -0.2) is 66.0 Å². The Balaban J connectivity index is 2.10. The second-order valence-corrected chi connectivity index (χ2v) is 5.21. The zero-order chi connectivity index (χ0) is 14.7. The van der Waals surface area contributed by atoms with Crippen LogP contribution in [0, 0.1) is 6.92 Å². The van der Waals surface area contributed by atoms with Crippen molar-refractivity contribution in [2.75, 3.05) is 40.3 Å². The predicted octanol–water partition coefficient (Wildman–Crippen LogP) is -0.460. The molecule has 0 aromatic carbocycles. The largest absolute Gasteiger partial charge is 0.367 e. The van der Waals surface area contributed by atoms with Crippen molar-refractivity contribution in [1.29, 1.82) is 0 Å². The molecule has 0 unspecified atom stereocenters. The number of H-pyrrole nitrogens is 1. The number of nitrogens with zero attached hydrogens (tertiary/aromatic N) is 3. The molecule has 0 spiro atoms. The topological polar surface area (TPSA) is 78.5 Å². The lowest BCUT2D eigenvalue weighted by Gasteiger charge is -2.33. The third kappa shape index (κ3) is 3.64. The molecule has 7 nitrogen and oxygen atoms in total. The first-order valence-electron chi connectivity index (χ1n) is 6.57. The molecule has 0 saturated carbocycles. The summed E-state index contributed by atoms with van der Waals surface area (Å²) in [4.78, 5) is 34.1. The van der Waals surface area contributed by atoms with Gasteiger partial charge in [0.15, 0.2) is 0 Å². The highest BCUT2D eigenvalue weighted by molar-refractivity contribution is 5.78. The van der Waals surface area contributed by atoms with E-state index in [4.69, 9.17) is 4.74 Å². The Kier molecular flexibility index (Phi) is 4.51. The van der Waals surface area contributed by atoms with Crippen molar-refractivity contribution in [3.05, 3.63) is 27.9 Å². The van der Waals surface area contributed by atoms with Gasteiger partial charge in [0.05, 0.1) is 19.7 Å². The van der Waals surface area contributed by atoms with E-state index < -0.39 is 0 Å². The van der Waals surface area contributed by atoms with E-state index in [0.717, 1.165) is 0 Å². The van der Waals surface area contributed by atoms with E-state index in [1.807, 2.05) is 19.0 Å². The number of aromatic amines is 1. The SMILES string of the molecule is Cc1cc(=O)[nH]c([C@H]2CN(C(=O)CN(C)C)CCO2)n1. The summed E-state index contributed by atoms with van der Waals surface area (Å²) in [7, 11) is 3.71. The van der Waals surface area contributed by atoms with E-state index >= 15 is 0 Å². The Morgan fingerprint density at radius 3 is 3.00 bits per heavy atom. The quantitative estimate of drug-likeness (QED) is 0.810. The number of carbonyl (C=O) groups excluding carboxylic acids is 1. The van der Waals surface area contributed by atoms with Crippen LogP contribution in [0.5, 0.6) is 0 Å². The smallest absolute Gasteiger partial charge is 0.251 e. The van der Waals surface area contributed by atoms with E-state index in [9.17, 15) is 9.59 Å². The van der Waals surface area contributed by atoms with Crippen LogP contribution in [-0.2, 0) is 9.53 Å². The molecule has 110 valence electrons. The monoisotopic (exact) mass is 280 g/mol. The number of amides is 1. The summed E-state index contributed by atoms with van der Waals surface area (Å²) < 4.78 is 5.62. The molecule has 1 aliphatic heterocycles. The van der Waals surface area contributed by atoms with Crippen molar-refractivity contribution in [3.63, 3.8) is 0 Å². The minimum atomic E-state index is -0.373. The van der Waals surface area contributed by atoms with E-state index in [2.05, 4.69) is 9.97 Å². The van der Waals surface area contributed by atoms with Crippen LogP contribution in [0.2, 0.25) is 0 Å². The number of rotatable bonds is 3. The highest BCUT2D eigenvalue weighted by atomic mass is 16.5. The molecular formula is C13H20N4O3. The summed E-state index contributed by atoms with van der Waals surface area (Å²) in [6.45, 7) is 3.56. The van der Waals surface area contributed by atoms with E-state index in [1.54, 1.807) is 11.8 Å². The summed E-state index contributed by atoms with van der Waals surface area (Å²) in [5.74, 6) is 0.538. The van der Waals surface area contributed by atoms with Gasteiger partial charge in [0, 0.05) is 18.3 Å². The number of hydrogen-bond donors (Lipinski definition) is 1. The number of likely N-dealkylation sites (N-methyl/N-ethyl adjacent to an activating group) is 1. The molecule has 1 atom stereocenters. The van der Waals surface area contributed by atoms with Gasteiger partial charge in [-0.15, -0.1) is 0 Å². The lowest BCUT2D eigenvalue weighted by Crippen LogP contribution is -2.46. The van der Waals surface area contributed by atoms with Gasteiger partial charge in [-0.25, -0.2) is 4.98 Å². The Bertz CT molecular complexity index is 541. The van der Waals surface area contributed by atoms with Gasteiger partial charge in [-0.05, 0) is 21.0 Å². The number of ether oxygens (including phenoxy) is 1. The maximum absolute atomic E-state index is 12.1. The Morgan fingerprint density at radius 1 is 1.60 bits per heavy atom. The van der Waals surface area contributed by atoms with Crippen molar-refractivity contribution >= 4 is 5.91 Å². The fourth-order valence-electron chi connectivity index (χ4n) is 2.17. The summed E-state index contributed by atoms with van der Waals surface area (Å²) >= 11 is 0. The predicted molar refractivity (Wildman–Crippen MR) is 73.4 cm³/mol. The summed E-state index contributed by atoms with van der Waals surface area (Å²) in [5.41, 5.74) is 0.442. The number of aromatic nitrogens is 2. The second-order valence-electron chi connectivity index (χ2n) is 5.21. The number of carbonyl (C=O) groups is 1. The molecule has 1 N–H and O–H groups in total. The molecule has 1 saturated heterocycles. The van der Waals surface area contributed by atoms with Crippen LogP contribution < -0.4 is 5.56 Å². The molecule has 1 amide bonds. The van der Waals surface area contributed by atoms with Crippen LogP contribution in [0.15, 0.2) is 10.9 Å². The first-order valence-corrected chi connectivity index (χ1v) is 6.57. The van der Waals surface area contributed by atoms with Crippen LogP contribution >= 0.6 is 0 Å². The van der Waals surface area contributed by atoms with Gasteiger partial charge < -0.3 is 19.5 Å². The van der Waals surface area contributed by atoms with E-state index in [1.165, 1.54) is 6.07 Å². The Morgan fingerprint density at radius 2 is 2.35 bits per heavy atom. The van der Waals surface area contributed by atoms with Gasteiger partial charge in [-0.2, -0.15) is 0 Å². The van der Waals surface area contributed by atoms with Crippen molar-refractivity contribution in [1.82, 2.24) is 19.8 Å². The van der Waals surface area contributed by atoms with Crippen molar-refractivity contribution in [2.24, 2.45) is 0 Å². The average Bonchev–Trinajstić information content (AvgIpc) is 2.37. The molecule has 7 heteroatoms. The van der Waals surface area contributed by atoms with Crippen LogP contribution in [0.1, 0.15) is 17.6 Å². The number of aryl methyl sites for hydroxylation is 1. The minimum absolute atomic E-state index is 0.0540. The van der Waals surface area contributed by atoms with Gasteiger partial charge in [-0.3, -0.25) is 9.59 Å². The Hall–Kier alpha value is -1.73. The fraction of sp³-hybridized carbons (Fsp3) is 0.615. The molecule has 1 aromatic rings. The normalized spacial score (nSPS) is 19.4. The van der Waals surface area contributed by atoms with Crippen LogP contribution in [0.4, 0.5) is 0 Å². The van der Waals surface area contributed by atoms with Crippen molar-refractivity contribution < 1.29 is 9.53 Å². The molecule has 20 heavy (non-hydrogen) atoms. The van der Waals surface area contributed by atoms with Crippen molar-refractivity contribution in [3.8, 4) is 0 Å². The molecular weight excluding hydrogens is 260 g/mol. The molecule has 1 aromatic heterocycles. The zero-order valence-electron chi connectivity index (χ0n) is 12.0. The van der Waals surface area contributed by atoms with Gasteiger partial charge in [0.2, 0.25) is 5.91 Å². The standard InChI is InChI=1S/C13H20N4O3/c1-9-6-11(18)15-13(14-9)10-7-17(4-5-20-10)12(19)8-16(2)3/h6,10H,4-5,7-8H2,1-3H3,(H,14,15,18)/t10-/m1/s1. The molecule has 2 rings (SSSR count). The second kappa shape index (κ2) is 6.15. The van der Waals surface area contributed by atoms with Gasteiger partial charge in [-0.1, -0.05) is 0 Å². The van der Waals surface area contributed by atoms with E-state index in [-0.39, 0.29) is 17.6 Å². The van der Waals surface area contributed by atoms with Crippen molar-refractivity contribution in [2.45, 2.75) is 13.0 Å². The highest BCUT2D eigenvalue weighted by Gasteiger charge is 2.27. The maximum atomic E-state index is 12.1. The molecule has 0 bridgehead atoms. The first-order chi connectivity index (χ1) is 9.45. The average molecular weight is 280 g/mol. The lowest BCUT2D eigenvalue weighted by molar-refractivity contribution is -0.139. The number of morpholine rings is 1. The highest BCUT2D eigenvalue weighted by Crippen LogP contribution is 2.18. The third-order valence-electron chi connectivity index (χ3n) is 3.06. The summed E-state index contributed by atoms with van der Waals surface area (Å²) in [6.07, 6.45) is -0.373. The molecule has 0 radical (unpaired) electrons. The van der Waals surface area contributed by atoms with Gasteiger partial charge in [0.25, 0.3) is 5.56 Å². The van der Waals surface area contributed by atoms with Crippen LogP contribution in [0.25, 0.3) is 0 Å². The van der Waals surface area contributed by atoms with E-state index in [0.29, 0.717) is 37.8 Å². The fourth-order valence-corrected chi connectivity index (χ4v) is 2.17.